The lowest BCUT2D eigenvalue weighted by Gasteiger charge is -2.29. The Morgan fingerprint density at radius 3 is 2.41 bits per heavy atom. The number of imide groups is 1. The van der Waals surface area contributed by atoms with Gasteiger partial charge in [-0.1, -0.05) is 36.4 Å². The number of benzene rings is 2. The molecule has 3 heterocycles. The standard InChI is InChI=1S/C22H20N2O5/c25-21-19(16-4-2-1-3-5-16)20(23-8-10-27-11-9-23)22(26)24(21)13-15-6-7-17-18(12-15)29-14-28-17/h1-7,12H,8-11,13-14H2. The van der Waals surface area contributed by atoms with Gasteiger partial charge in [-0.2, -0.15) is 0 Å². The summed E-state index contributed by atoms with van der Waals surface area (Å²) >= 11 is 0. The summed E-state index contributed by atoms with van der Waals surface area (Å²) < 4.78 is 16.2. The van der Waals surface area contributed by atoms with E-state index in [2.05, 4.69) is 0 Å². The van der Waals surface area contributed by atoms with Crippen molar-refractivity contribution in [2.45, 2.75) is 6.54 Å². The highest BCUT2D eigenvalue weighted by Gasteiger charge is 2.41. The first-order chi connectivity index (χ1) is 14.2. The van der Waals surface area contributed by atoms with Gasteiger partial charge >= 0.3 is 0 Å². The Labute approximate surface area is 168 Å². The van der Waals surface area contributed by atoms with Gasteiger partial charge in [0.25, 0.3) is 11.8 Å². The number of amides is 2. The Morgan fingerprint density at radius 1 is 0.862 bits per heavy atom. The van der Waals surface area contributed by atoms with Crippen LogP contribution >= 0.6 is 0 Å². The van der Waals surface area contributed by atoms with Gasteiger partial charge in [0, 0.05) is 13.1 Å². The maximum atomic E-state index is 13.3. The minimum Gasteiger partial charge on any atom is -0.454 e. The Balaban J connectivity index is 1.49. The average molecular weight is 392 g/mol. The van der Waals surface area contributed by atoms with Crippen LogP contribution in [0.15, 0.2) is 54.2 Å². The molecule has 0 saturated carbocycles. The molecule has 7 heteroatoms. The third-order valence-electron chi connectivity index (χ3n) is 5.31. The van der Waals surface area contributed by atoms with E-state index in [9.17, 15) is 9.59 Å². The molecule has 0 spiro atoms. The first kappa shape index (κ1) is 17.8. The van der Waals surface area contributed by atoms with Crippen LogP contribution in [0.2, 0.25) is 0 Å². The van der Waals surface area contributed by atoms with Crippen LogP contribution < -0.4 is 9.47 Å². The molecule has 3 aliphatic rings. The van der Waals surface area contributed by atoms with Gasteiger partial charge in [0.05, 0.1) is 25.3 Å². The number of fused-ring (bicyclic) bond motifs is 1. The van der Waals surface area contributed by atoms with Gasteiger partial charge in [0.1, 0.15) is 5.70 Å². The van der Waals surface area contributed by atoms with Gasteiger partial charge in [0.2, 0.25) is 6.79 Å². The molecule has 0 unspecified atom stereocenters. The Hall–Kier alpha value is -3.32. The van der Waals surface area contributed by atoms with Crippen LogP contribution in [0.5, 0.6) is 11.5 Å². The molecule has 148 valence electrons. The zero-order valence-corrected chi connectivity index (χ0v) is 15.8. The van der Waals surface area contributed by atoms with Gasteiger partial charge < -0.3 is 19.1 Å². The number of hydrogen-bond acceptors (Lipinski definition) is 6. The van der Waals surface area contributed by atoms with E-state index in [4.69, 9.17) is 14.2 Å². The molecule has 0 bridgehead atoms. The van der Waals surface area contributed by atoms with Gasteiger partial charge in [-0.05, 0) is 23.3 Å². The maximum Gasteiger partial charge on any atom is 0.278 e. The van der Waals surface area contributed by atoms with E-state index in [1.54, 1.807) is 6.07 Å². The monoisotopic (exact) mass is 392 g/mol. The summed E-state index contributed by atoms with van der Waals surface area (Å²) in [5, 5.41) is 0. The van der Waals surface area contributed by atoms with Crippen molar-refractivity contribution in [3.8, 4) is 11.5 Å². The van der Waals surface area contributed by atoms with Gasteiger partial charge in [-0.15, -0.1) is 0 Å². The molecule has 7 nitrogen and oxygen atoms in total. The van der Waals surface area contributed by atoms with E-state index in [0.29, 0.717) is 49.1 Å². The van der Waals surface area contributed by atoms with Crippen LogP contribution in [0.3, 0.4) is 0 Å². The molecule has 1 fully saturated rings. The molecular weight excluding hydrogens is 372 g/mol. The second kappa shape index (κ2) is 7.25. The van der Waals surface area contributed by atoms with Crippen molar-refractivity contribution < 1.29 is 23.8 Å². The fourth-order valence-electron chi connectivity index (χ4n) is 3.87. The summed E-state index contributed by atoms with van der Waals surface area (Å²) in [6.45, 7) is 2.61. The molecule has 0 N–H and O–H groups in total. The van der Waals surface area contributed by atoms with E-state index in [0.717, 1.165) is 11.1 Å². The molecule has 5 rings (SSSR count). The molecule has 2 aromatic carbocycles. The number of ether oxygens (including phenoxy) is 3. The molecule has 0 radical (unpaired) electrons. The predicted molar refractivity (Wildman–Crippen MR) is 104 cm³/mol. The summed E-state index contributed by atoms with van der Waals surface area (Å²) in [7, 11) is 0. The smallest absolute Gasteiger partial charge is 0.278 e. The van der Waals surface area contributed by atoms with Crippen LogP contribution in [0.4, 0.5) is 0 Å². The van der Waals surface area contributed by atoms with Crippen molar-refractivity contribution in [1.29, 1.82) is 0 Å². The Morgan fingerprint density at radius 2 is 1.62 bits per heavy atom. The molecule has 0 atom stereocenters. The first-order valence-electron chi connectivity index (χ1n) is 9.59. The second-order valence-electron chi connectivity index (χ2n) is 7.07. The van der Waals surface area contributed by atoms with Crippen LogP contribution in [0, 0.1) is 0 Å². The fraction of sp³-hybridized carbons (Fsp3) is 0.273. The highest BCUT2D eigenvalue weighted by atomic mass is 16.7. The zero-order chi connectivity index (χ0) is 19.8. The van der Waals surface area contributed by atoms with Crippen molar-refractivity contribution in [3.63, 3.8) is 0 Å². The molecule has 0 aliphatic carbocycles. The van der Waals surface area contributed by atoms with Crippen LogP contribution in [-0.2, 0) is 20.9 Å². The number of carbonyl (C=O) groups is 2. The summed E-state index contributed by atoms with van der Waals surface area (Å²) in [5.74, 6) is 0.755. The minimum atomic E-state index is -0.277. The lowest BCUT2D eigenvalue weighted by molar-refractivity contribution is -0.138. The zero-order valence-electron chi connectivity index (χ0n) is 15.8. The molecule has 2 amide bonds. The van der Waals surface area contributed by atoms with Crippen molar-refractivity contribution in [2.75, 3.05) is 33.1 Å². The van der Waals surface area contributed by atoms with Crippen molar-refractivity contribution in [2.24, 2.45) is 0 Å². The van der Waals surface area contributed by atoms with Crippen molar-refractivity contribution in [1.82, 2.24) is 9.80 Å². The lowest BCUT2D eigenvalue weighted by Crippen LogP contribution is -2.40. The molecule has 1 saturated heterocycles. The topological polar surface area (TPSA) is 68.3 Å². The van der Waals surface area contributed by atoms with Crippen LogP contribution in [-0.4, -0.2) is 54.7 Å². The SMILES string of the molecule is O=C1C(c2ccccc2)=C(N2CCOCC2)C(=O)N1Cc1ccc2c(c1)OCO2. The van der Waals surface area contributed by atoms with E-state index in [1.165, 1.54) is 4.90 Å². The van der Waals surface area contributed by atoms with Crippen molar-refractivity contribution >= 4 is 17.4 Å². The van der Waals surface area contributed by atoms with E-state index in [1.807, 2.05) is 47.4 Å². The summed E-state index contributed by atoms with van der Waals surface area (Å²) in [6, 6.07) is 14.8. The number of nitrogens with zero attached hydrogens (tertiary/aromatic N) is 2. The minimum absolute atomic E-state index is 0.179. The largest absolute Gasteiger partial charge is 0.454 e. The summed E-state index contributed by atoms with van der Waals surface area (Å²) in [4.78, 5) is 30.0. The molecular formula is C22H20N2O5. The number of morpholine rings is 1. The number of hydrogen-bond donors (Lipinski definition) is 0. The van der Waals surface area contributed by atoms with Gasteiger partial charge in [-0.25, -0.2) is 0 Å². The van der Waals surface area contributed by atoms with Crippen molar-refractivity contribution in [3.05, 3.63) is 65.4 Å². The highest BCUT2D eigenvalue weighted by Crippen LogP contribution is 2.36. The number of carbonyl (C=O) groups excluding carboxylic acids is 2. The molecule has 2 aromatic rings. The van der Waals surface area contributed by atoms with Crippen LogP contribution in [0.1, 0.15) is 11.1 Å². The second-order valence-corrected chi connectivity index (χ2v) is 7.07. The molecule has 0 aromatic heterocycles. The molecule has 3 aliphatic heterocycles. The maximum absolute atomic E-state index is 13.3. The molecule has 29 heavy (non-hydrogen) atoms. The normalized spacial score (nSPS) is 18.8. The lowest BCUT2D eigenvalue weighted by atomic mass is 10.0. The first-order valence-corrected chi connectivity index (χ1v) is 9.59. The summed E-state index contributed by atoms with van der Waals surface area (Å²) in [5.41, 5.74) is 2.48. The van der Waals surface area contributed by atoms with Crippen LogP contribution in [0.25, 0.3) is 5.57 Å². The quantitative estimate of drug-likeness (QED) is 0.742. The third-order valence-corrected chi connectivity index (χ3v) is 5.31. The Bertz CT molecular complexity index is 996. The van der Waals surface area contributed by atoms with E-state index in [-0.39, 0.29) is 25.2 Å². The third kappa shape index (κ3) is 3.13. The fourth-order valence-corrected chi connectivity index (χ4v) is 3.87. The average Bonchev–Trinajstić information content (AvgIpc) is 3.32. The number of rotatable bonds is 4. The summed E-state index contributed by atoms with van der Waals surface area (Å²) in [6.07, 6.45) is 0. The van der Waals surface area contributed by atoms with E-state index < -0.39 is 0 Å². The van der Waals surface area contributed by atoms with Gasteiger partial charge in [-0.3, -0.25) is 14.5 Å². The van der Waals surface area contributed by atoms with Gasteiger partial charge in [0.15, 0.2) is 11.5 Å². The van der Waals surface area contributed by atoms with E-state index >= 15 is 0 Å². The predicted octanol–water partition coefficient (Wildman–Crippen LogP) is 2.03. The highest BCUT2D eigenvalue weighted by molar-refractivity contribution is 6.35. The Kier molecular flexibility index (Phi) is 4.44.